The maximum Gasteiger partial charge on any atom is 0.513 e. The van der Waals surface area contributed by atoms with E-state index in [1.807, 2.05) is 12.1 Å². The summed E-state index contributed by atoms with van der Waals surface area (Å²) in [5.74, 6) is 0.913. The molecule has 0 saturated heterocycles. The number of nitriles is 1. The zero-order chi connectivity index (χ0) is 26.7. The smallest absolute Gasteiger partial charge is 0.494 e. The van der Waals surface area contributed by atoms with Gasteiger partial charge in [-0.05, 0) is 37.1 Å². The molecule has 12 heteroatoms. The molecule has 0 fully saturated rings. The van der Waals surface area contributed by atoms with Gasteiger partial charge in [-0.15, -0.1) is 4.99 Å². The number of halogens is 1. The molecule has 200 valence electrons. The van der Waals surface area contributed by atoms with Crippen molar-refractivity contribution in [1.82, 2.24) is 0 Å². The first-order valence-corrected chi connectivity index (χ1v) is 12.4. The van der Waals surface area contributed by atoms with Crippen molar-refractivity contribution < 1.29 is 28.3 Å². The Bertz CT molecular complexity index is 998. The molecule has 37 heavy (non-hydrogen) atoms. The van der Waals surface area contributed by atoms with Crippen molar-refractivity contribution in [3.8, 4) is 11.9 Å². The van der Waals surface area contributed by atoms with Crippen molar-refractivity contribution >= 4 is 29.4 Å². The fourth-order valence-corrected chi connectivity index (χ4v) is 3.31. The van der Waals surface area contributed by atoms with Gasteiger partial charge in [0.05, 0.1) is 25.5 Å². The van der Waals surface area contributed by atoms with Gasteiger partial charge in [0.25, 0.3) is 6.73 Å². The molecule has 1 heterocycles. The minimum absolute atomic E-state index is 0.0252. The molecule has 2 rings (SSSR count). The number of pyridine rings is 1. The number of aromatic nitrogens is 1. The summed E-state index contributed by atoms with van der Waals surface area (Å²) in [5, 5.41) is 9.62. The second-order valence-electron chi connectivity index (χ2n) is 7.78. The lowest BCUT2D eigenvalue weighted by Gasteiger charge is -2.22. The zero-order valence-corrected chi connectivity index (χ0v) is 21.5. The second kappa shape index (κ2) is 17.8. The van der Waals surface area contributed by atoms with Gasteiger partial charge in [-0.25, -0.2) is 4.79 Å². The maximum absolute atomic E-state index is 11.7. The number of anilines is 1. The quantitative estimate of drug-likeness (QED) is 0.0828. The number of unbranched alkanes of at least 4 members (excludes halogenated alkanes) is 3. The molecule has 0 spiro atoms. The van der Waals surface area contributed by atoms with Crippen molar-refractivity contribution in [2.75, 3.05) is 44.4 Å². The van der Waals surface area contributed by atoms with E-state index in [0.717, 1.165) is 37.1 Å². The lowest BCUT2D eigenvalue weighted by molar-refractivity contribution is -0.727. The van der Waals surface area contributed by atoms with E-state index in [1.165, 1.54) is 0 Å². The van der Waals surface area contributed by atoms with E-state index >= 15 is 0 Å². The molecule has 0 amide bonds. The average Bonchev–Trinajstić information content (AvgIpc) is 2.90. The molecule has 0 aliphatic heterocycles. The average molecular weight is 534 g/mol. The fourth-order valence-electron chi connectivity index (χ4n) is 3.19. The molecule has 0 aliphatic carbocycles. The van der Waals surface area contributed by atoms with Gasteiger partial charge >= 0.3 is 6.16 Å². The lowest BCUT2D eigenvalue weighted by atomic mass is 10.2. The summed E-state index contributed by atoms with van der Waals surface area (Å²) >= 11 is 5.88. The van der Waals surface area contributed by atoms with Crippen LogP contribution in [0.15, 0.2) is 53.8 Å². The topological polar surface area (TPSA) is 149 Å². The number of carbonyl (C=O) groups is 1. The summed E-state index contributed by atoms with van der Waals surface area (Å²) < 4.78 is 22.5. The maximum atomic E-state index is 11.7. The van der Waals surface area contributed by atoms with Crippen LogP contribution in [0.1, 0.15) is 25.7 Å². The Hall–Kier alpha value is -3.59. The first kappa shape index (κ1) is 29.6. The van der Waals surface area contributed by atoms with Gasteiger partial charge in [-0.1, -0.05) is 24.4 Å². The van der Waals surface area contributed by atoms with Crippen LogP contribution in [-0.4, -0.2) is 51.6 Å². The molecule has 0 unspecified atom stereocenters. The van der Waals surface area contributed by atoms with Crippen molar-refractivity contribution in [2.24, 2.45) is 16.5 Å². The highest BCUT2D eigenvalue weighted by atomic mass is 35.5. The van der Waals surface area contributed by atoms with E-state index in [-0.39, 0.29) is 25.9 Å². The summed E-state index contributed by atoms with van der Waals surface area (Å²) in [4.78, 5) is 17.1. The number of nitrogens with two attached hydrogens (primary N) is 2. The minimum atomic E-state index is -0.793. The van der Waals surface area contributed by atoms with Crippen LogP contribution in [0.25, 0.3) is 0 Å². The first-order chi connectivity index (χ1) is 18.0. The number of rotatable bonds is 16. The normalized spacial score (nSPS) is 11.0. The highest BCUT2D eigenvalue weighted by Crippen LogP contribution is 2.16. The molecule has 0 radical (unpaired) electrons. The van der Waals surface area contributed by atoms with Gasteiger partial charge in [0, 0.05) is 30.2 Å². The third kappa shape index (κ3) is 12.3. The Labute approximate surface area is 222 Å². The highest BCUT2D eigenvalue weighted by molar-refractivity contribution is 6.30. The Balaban J connectivity index is 1.74. The number of hydrogen-bond acceptors (Lipinski definition) is 8. The zero-order valence-electron chi connectivity index (χ0n) is 20.8. The van der Waals surface area contributed by atoms with Gasteiger partial charge in [-0.2, -0.15) is 9.83 Å². The Morgan fingerprint density at radius 2 is 1.73 bits per heavy atom. The first-order valence-electron chi connectivity index (χ1n) is 12.0. The van der Waals surface area contributed by atoms with E-state index in [2.05, 4.69) is 4.99 Å². The number of ether oxygens (including phenoxy) is 4. The predicted octanol–water partition coefficient (Wildman–Crippen LogP) is 2.96. The number of benzene rings is 1. The van der Waals surface area contributed by atoms with Crippen LogP contribution in [0.5, 0.6) is 5.75 Å². The summed E-state index contributed by atoms with van der Waals surface area (Å²) in [5.41, 5.74) is 12.1. The van der Waals surface area contributed by atoms with Gasteiger partial charge in [0.1, 0.15) is 12.4 Å². The molecule has 11 nitrogen and oxygen atoms in total. The van der Waals surface area contributed by atoms with Crippen molar-refractivity contribution in [1.29, 1.82) is 5.26 Å². The minimum Gasteiger partial charge on any atom is -0.494 e. The largest absolute Gasteiger partial charge is 0.513 e. The SMILES string of the molecule is N#CN=C(N)N(CCCCCCOc1ccc(Cl)cc1)c1cc[n+](COC(=O)OCCOCCN)cc1. The predicted molar refractivity (Wildman–Crippen MR) is 139 cm³/mol. The molecule has 0 atom stereocenters. The van der Waals surface area contributed by atoms with E-state index in [9.17, 15) is 4.79 Å². The Kier molecular flexibility index (Phi) is 14.2. The van der Waals surface area contributed by atoms with Gasteiger partial charge < -0.3 is 35.3 Å². The molecule has 0 bridgehead atoms. The molecule has 0 saturated carbocycles. The van der Waals surface area contributed by atoms with Crippen LogP contribution >= 0.6 is 11.6 Å². The Morgan fingerprint density at radius 3 is 2.43 bits per heavy atom. The fraction of sp³-hybridized carbons (Fsp3) is 0.440. The van der Waals surface area contributed by atoms with E-state index in [1.54, 1.807) is 52.3 Å². The van der Waals surface area contributed by atoms with Crippen LogP contribution in [0.2, 0.25) is 5.02 Å². The summed E-state index contributed by atoms with van der Waals surface area (Å²) in [6.07, 6.45) is 8.11. The summed E-state index contributed by atoms with van der Waals surface area (Å²) in [7, 11) is 0. The molecule has 1 aromatic carbocycles. The van der Waals surface area contributed by atoms with Gasteiger partial charge in [0.2, 0.25) is 12.2 Å². The van der Waals surface area contributed by atoms with Crippen molar-refractivity contribution in [3.05, 3.63) is 53.8 Å². The number of guanidine groups is 1. The van der Waals surface area contributed by atoms with Gasteiger partial charge in [-0.3, -0.25) is 0 Å². The van der Waals surface area contributed by atoms with Crippen molar-refractivity contribution in [2.45, 2.75) is 32.4 Å². The van der Waals surface area contributed by atoms with Crippen molar-refractivity contribution in [3.63, 3.8) is 0 Å². The van der Waals surface area contributed by atoms with Crippen LogP contribution in [0.4, 0.5) is 10.5 Å². The molecule has 1 aromatic heterocycles. The van der Waals surface area contributed by atoms with E-state index in [0.29, 0.717) is 31.3 Å². The summed E-state index contributed by atoms with van der Waals surface area (Å²) in [6.45, 7) is 2.35. The third-order valence-electron chi connectivity index (χ3n) is 5.03. The number of aliphatic imine (C=N–C) groups is 1. The number of nitrogens with zero attached hydrogens (tertiary/aromatic N) is 4. The highest BCUT2D eigenvalue weighted by Gasteiger charge is 2.14. The van der Waals surface area contributed by atoms with Gasteiger partial charge in [0.15, 0.2) is 12.4 Å². The van der Waals surface area contributed by atoms with E-state index < -0.39 is 6.16 Å². The standard InChI is InChI=1S/C25H34ClN6O5/c26-21-5-7-23(8-6-21)35-15-4-2-1-3-12-32(24(29)30-19-28)22-9-13-31(14-10-22)20-37-25(33)36-18-17-34-16-11-27/h5-10,13-14H,1-4,11-12,15-18,20,27H2,(H2,29,30)/q+1. The molecular formula is C25H34ClN6O5+. The molecule has 4 N–H and O–H groups in total. The third-order valence-corrected chi connectivity index (χ3v) is 5.28. The molecular weight excluding hydrogens is 500 g/mol. The van der Waals surface area contributed by atoms with Crippen LogP contribution in [0, 0.1) is 11.5 Å². The monoisotopic (exact) mass is 533 g/mol. The summed E-state index contributed by atoms with van der Waals surface area (Å²) in [6, 6.07) is 10.9. The number of carbonyl (C=O) groups excluding carboxylic acids is 1. The number of hydrogen-bond donors (Lipinski definition) is 2. The lowest BCUT2D eigenvalue weighted by Crippen LogP contribution is -2.40. The Morgan fingerprint density at radius 1 is 1.00 bits per heavy atom. The van der Waals surface area contributed by atoms with Crippen LogP contribution in [-0.2, 0) is 20.9 Å². The molecule has 0 aliphatic rings. The van der Waals surface area contributed by atoms with E-state index in [4.69, 9.17) is 47.3 Å². The van der Waals surface area contributed by atoms with Crippen LogP contribution in [0.3, 0.4) is 0 Å². The van der Waals surface area contributed by atoms with Crippen LogP contribution < -0.4 is 25.7 Å². The second-order valence-corrected chi connectivity index (χ2v) is 8.22. The molecule has 2 aromatic rings.